The van der Waals surface area contributed by atoms with E-state index >= 15 is 0 Å². The summed E-state index contributed by atoms with van der Waals surface area (Å²) in [4.78, 5) is 14.8. The van der Waals surface area contributed by atoms with E-state index in [0.29, 0.717) is 25.9 Å². The van der Waals surface area contributed by atoms with Crippen LogP contribution in [0.4, 0.5) is 13.2 Å². The van der Waals surface area contributed by atoms with E-state index in [1.54, 1.807) is 17.0 Å². The SMILES string of the molecule is Cn1ncc2c1-c1ccccc1OC21CCN(C(=O)c2ccccc2OCC(F)(F)F)CC1. The van der Waals surface area contributed by atoms with Crippen LogP contribution < -0.4 is 9.47 Å². The van der Waals surface area contributed by atoms with Gasteiger partial charge in [0.05, 0.1) is 17.5 Å². The van der Waals surface area contributed by atoms with Gasteiger partial charge in [-0.1, -0.05) is 24.3 Å². The van der Waals surface area contributed by atoms with Crippen molar-refractivity contribution in [2.75, 3.05) is 19.7 Å². The summed E-state index contributed by atoms with van der Waals surface area (Å²) in [6.07, 6.45) is -1.58. The first-order valence-corrected chi connectivity index (χ1v) is 10.7. The van der Waals surface area contributed by atoms with Gasteiger partial charge in [-0.15, -0.1) is 0 Å². The number of nitrogens with zero attached hydrogens (tertiary/aromatic N) is 3. The van der Waals surface area contributed by atoms with E-state index < -0.39 is 18.4 Å². The first-order chi connectivity index (χ1) is 15.8. The number of piperidine rings is 1. The molecule has 1 spiro atoms. The second kappa shape index (κ2) is 7.83. The highest BCUT2D eigenvalue weighted by Gasteiger charge is 2.46. The fraction of sp³-hybridized carbons (Fsp3) is 0.333. The smallest absolute Gasteiger partial charge is 0.422 e. The highest BCUT2D eigenvalue weighted by atomic mass is 19.4. The minimum absolute atomic E-state index is 0.0718. The van der Waals surface area contributed by atoms with E-state index in [4.69, 9.17) is 9.47 Å². The zero-order chi connectivity index (χ0) is 23.2. The van der Waals surface area contributed by atoms with E-state index in [1.165, 1.54) is 12.1 Å². The Kier molecular flexibility index (Phi) is 5.07. The van der Waals surface area contributed by atoms with Crippen LogP contribution in [0.15, 0.2) is 54.7 Å². The molecule has 2 aliphatic heterocycles. The normalized spacial score (nSPS) is 16.7. The molecule has 6 nitrogen and oxygen atoms in total. The maximum absolute atomic E-state index is 13.2. The third-order valence-electron chi connectivity index (χ3n) is 6.24. The van der Waals surface area contributed by atoms with Crippen LogP contribution >= 0.6 is 0 Å². The standard InChI is InChI=1S/C24H22F3N3O3/c1-29-21-16-6-2-5-9-20(16)33-23(18(21)14-28-29)10-12-30(13-11-23)22(31)17-7-3-4-8-19(17)32-15-24(25,26)27/h2-9,14H,10-13,15H2,1H3. The number of halogens is 3. The number of ether oxygens (including phenoxy) is 2. The fourth-order valence-electron chi connectivity index (χ4n) is 4.65. The van der Waals surface area contributed by atoms with Crippen molar-refractivity contribution in [3.63, 3.8) is 0 Å². The Hall–Kier alpha value is -3.49. The molecule has 0 saturated carbocycles. The van der Waals surface area contributed by atoms with Crippen molar-refractivity contribution >= 4 is 5.91 Å². The number of alkyl halides is 3. The number of hydrogen-bond acceptors (Lipinski definition) is 4. The topological polar surface area (TPSA) is 56.6 Å². The van der Waals surface area contributed by atoms with Crippen molar-refractivity contribution < 1.29 is 27.4 Å². The van der Waals surface area contributed by atoms with Crippen LogP contribution in [0.2, 0.25) is 0 Å². The Morgan fingerprint density at radius 3 is 2.58 bits per heavy atom. The van der Waals surface area contributed by atoms with Gasteiger partial charge in [-0.25, -0.2) is 0 Å². The number of hydrogen-bond donors (Lipinski definition) is 0. The van der Waals surface area contributed by atoms with E-state index in [0.717, 1.165) is 22.6 Å². The largest absolute Gasteiger partial charge is 0.483 e. The molecule has 0 aliphatic carbocycles. The molecule has 33 heavy (non-hydrogen) atoms. The molecule has 5 rings (SSSR count). The number of rotatable bonds is 3. The van der Waals surface area contributed by atoms with Crippen LogP contribution in [-0.4, -0.2) is 46.5 Å². The van der Waals surface area contributed by atoms with Crippen molar-refractivity contribution in [2.45, 2.75) is 24.6 Å². The van der Waals surface area contributed by atoms with Gasteiger partial charge in [0.2, 0.25) is 0 Å². The Labute approximate surface area is 188 Å². The Bertz CT molecular complexity index is 1200. The molecule has 3 aromatic rings. The van der Waals surface area contributed by atoms with Crippen LogP contribution in [0.5, 0.6) is 11.5 Å². The van der Waals surface area contributed by atoms with Crippen LogP contribution in [0.25, 0.3) is 11.3 Å². The lowest BCUT2D eigenvalue weighted by atomic mass is 9.81. The number of aromatic nitrogens is 2. The van der Waals surface area contributed by atoms with Crippen LogP contribution in [0, 0.1) is 0 Å². The highest BCUT2D eigenvalue weighted by Crippen LogP contribution is 2.49. The molecule has 9 heteroatoms. The lowest BCUT2D eigenvalue weighted by molar-refractivity contribution is -0.153. The van der Waals surface area contributed by atoms with Crippen LogP contribution in [-0.2, 0) is 12.6 Å². The molecule has 0 bridgehead atoms. The van der Waals surface area contributed by atoms with Crippen LogP contribution in [0.1, 0.15) is 28.8 Å². The minimum Gasteiger partial charge on any atom is -0.483 e. The fourth-order valence-corrected chi connectivity index (χ4v) is 4.65. The molecule has 0 unspecified atom stereocenters. The molecule has 0 N–H and O–H groups in total. The molecule has 1 saturated heterocycles. The average Bonchev–Trinajstić information content (AvgIpc) is 3.20. The molecular weight excluding hydrogens is 435 g/mol. The highest BCUT2D eigenvalue weighted by molar-refractivity contribution is 5.97. The first-order valence-electron chi connectivity index (χ1n) is 10.7. The number of para-hydroxylation sites is 2. The summed E-state index contributed by atoms with van der Waals surface area (Å²) in [5, 5.41) is 4.45. The van der Waals surface area contributed by atoms with Gasteiger partial charge in [-0.05, 0) is 24.3 Å². The third-order valence-corrected chi connectivity index (χ3v) is 6.24. The summed E-state index contributed by atoms with van der Waals surface area (Å²) in [7, 11) is 1.89. The zero-order valence-electron chi connectivity index (χ0n) is 17.9. The van der Waals surface area contributed by atoms with Gasteiger partial charge in [0, 0.05) is 44.1 Å². The third kappa shape index (κ3) is 3.81. The molecule has 2 aromatic carbocycles. The van der Waals surface area contributed by atoms with E-state index in [9.17, 15) is 18.0 Å². The molecule has 0 radical (unpaired) electrons. The van der Waals surface area contributed by atoms with Gasteiger partial charge in [0.15, 0.2) is 6.61 Å². The maximum atomic E-state index is 13.2. The number of amides is 1. The summed E-state index contributed by atoms with van der Waals surface area (Å²) in [5.41, 5.74) is 2.48. The van der Waals surface area contributed by atoms with Crippen molar-refractivity contribution in [3.05, 3.63) is 65.9 Å². The quantitative estimate of drug-likeness (QED) is 0.579. The van der Waals surface area contributed by atoms with Gasteiger partial charge < -0.3 is 14.4 Å². The summed E-state index contributed by atoms with van der Waals surface area (Å²) >= 11 is 0. The summed E-state index contributed by atoms with van der Waals surface area (Å²) in [6, 6.07) is 13.8. The second-order valence-electron chi connectivity index (χ2n) is 8.32. The lowest BCUT2D eigenvalue weighted by Crippen LogP contribution is -2.49. The van der Waals surface area contributed by atoms with Crippen molar-refractivity contribution in [2.24, 2.45) is 7.05 Å². The molecule has 172 valence electrons. The summed E-state index contributed by atoms with van der Waals surface area (Å²) in [5.74, 6) is 0.349. The molecule has 3 heterocycles. The number of aryl methyl sites for hydroxylation is 1. The number of fused-ring (bicyclic) bond motifs is 4. The van der Waals surface area contributed by atoms with E-state index in [2.05, 4.69) is 5.10 Å². The molecule has 1 aromatic heterocycles. The molecule has 0 atom stereocenters. The molecule has 2 aliphatic rings. The molecule has 1 amide bonds. The minimum atomic E-state index is -4.48. The summed E-state index contributed by atoms with van der Waals surface area (Å²) in [6.45, 7) is -0.663. The zero-order valence-corrected chi connectivity index (χ0v) is 17.9. The van der Waals surface area contributed by atoms with E-state index in [-0.39, 0.29) is 17.2 Å². The maximum Gasteiger partial charge on any atom is 0.422 e. The van der Waals surface area contributed by atoms with Gasteiger partial charge in [-0.3, -0.25) is 9.48 Å². The van der Waals surface area contributed by atoms with Gasteiger partial charge in [-0.2, -0.15) is 18.3 Å². The van der Waals surface area contributed by atoms with Gasteiger partial charge >= 0.3 is 6.18 Å². The Morgan fingerprint density at radius 1 is 1.12 bits per heavy atom. The Morgan fingerprint density at radius 2 is 1.82 bits per heavy atom. The number of benzene rings is 2. The molecular formula is C24H22F3N3O3. The van der Waals surface area contributed by atoms with E-state index in [1.807, 2.05) is 42.2 Å². The predicted molar refractivity (Wildman–Crippen MR) is 114 cm³/mol. The van der Waals surface area contributed by atoms with Crippen molar-refractivity contribution in [1.29, 1.82) is 0 Å². The average molecular weight is 457 g/mol. The lowest BCUT2D eigenvalue weighted by Gasteiger charge is -2.44. The summed E-state index contributed by atoms with van der Waals surface area (Å²) < 4.78 is 51.1. The van der Waals surface area contributed by atoms with Crippen molar-refractivity contribution in [3.8, 4) is 22.8 Å². The Balaban J connectivity index is 1.37. The van der Waals surface area contributed by atoms with Gasteiger partial charge in [0.1, 0.15) is 17.1 Å². The predicted octanol–water partition coefficient (Wildman–Crippen LogP) is 4.55. The van der Waals surface area contributed by atoms with Gasteiger partial charge in [0.25, 0.3) is 5.91 Å². The monoisotopic (exact) mass is 457 g/mol. The first kappa shape index (κ1) is 21.4. The van der Waals surface area contributed by atoms with Crippen molar-refractivity contribution in [1.82, 2.24) is 14.7 Å². The molecule has 1 fully saturated rings. The number of likely N-dealkylation sites (tertiary alicyclic amines) is 1. The second-order valence-corrected chi connectivity index (χ2v) is 8.32. The number of carbonyl (C=O) groups excluding carboxylic acids is 1. The number of carbonyl (C=O) groups is 1. The van der Waals surface area contributed by atoms with Crippen LogP contribution in [0.3, 0.4) is 0 Å².